The first-order valence-corrected chi connectivity index (χ1v) is 6.15. The Morgan fingerprint density at radius 1 is 0.900 bits per heavy atom. The van der Waals surface area contributed by atoms with Crippen LogP contribution in [-0.4, -0.2) is 6.54 Å². The van der Waals surface area contributed by atoms with Gasteiger partial charge in [0.25, 0.3) is 0 Å². The summed E-state index contributed by atoms with van der Waals surface area (Å²) in [6, 6.07) is 7.92. The van der Waals surface area contributed by atoms with Crippen LogP contribution in [0, 0.1) is 17.5 Å². The molecule has 0 bridgehead atoms. The third-order valence-corrected chi connectivity index (χ3v) is 2.79. The molecule has 20 heavy (non-hydrogen) atoms. The minimum atomic E-state index is -0.768. The molecule has 0 amide bonds. The normalized spacial score (nSPS) is 10.6. The quantitative estimate of drug-likeness (QED) is 0.913. The number of nitrogens with two attached hydrogens (primary N) is 1. The molecule has 0 radical (unpaired) electrons. The van der Waals surface area contributed by atoms with Crippen molar-refractivity contribution in [2.75, 3.05) is 6.54 Å². The standard InChI is InChI=1S/C15H14F3NO/c16-12-3-1-10(2-4-12)9-20-15-13(17)7-11(5-6-19)8-14(15)18/h1-4,7-8H,5-6,9,19H2. The van der Waals surface area contributed by atoms with Gasteiger partial charge in [0, 0.05) is 0 Å². The lowest BCUT2D eigenvalue weighted by Gasteiger charge is -2.10. The molecule has 2 aromatic rings. The summed E-state index contributed by atoms with van der Waals surface area (Å²) in [6.45, 7) is 0.277. The molecule has 0 atom stereocenters. The summed E-state index contributed by atoms with van der Waals surface area (Å²) in [4.78, 5) is 0. The van der Waals surface area contributed by atoms with Crippen LogP contribution in [0.4, 0.5) is 13.2 Å². The van der Waals surface area contributed by atoms with Crippen molar-refractivity contribution < 1.29 is 17.9 Å². The summed E-state index contributed by atoms with van der Waals surface area (Å²) >= 11 is 0. The highest BCUT2D eigenvalue weighted by Gasteiger charge is 2.12. The molecule has 2 rings (SSSR count). The second kappa shape index (κ2) is 6.43. The van der Waals surface area contributed by atoms with Crippen molar-refractivity contribution in [1.82, 2.24) is 0 Å². The van der Waals surface area contributed by atoms with Crippen molar-refractivity contribution in [3.63, 3.8) is 0 Å². The molecule has 0 aliphatic heterocycles. The van der Waals surface area contributed by atoms with Crippen LogP contribution in [-0.2, 0) is 13.0 Å². The number of hydrogen-bond acceptors (Lipinski definition) is 2. The van der Waals surface area contributed by atoms with Crippen LogP contribution in [0.25, 0.3) is 0 Å². The second-order valence-corrected chi connectivity index (χ2v) is 4.34. The number of rotatable bonds is 5. The van der Waals surface area contributed by atoms with E-state index < -0.39 is 17.4 Å². The lowest BCUT2D eigenvalue weighted by Crippen LogP contribution is -2.05. The maximum atomic E-state index is 13.7. The summed E-state index contributed by atoms with van der Waals surface area (Å²) < 4.78 is 45.3. The fourth-order valence-electron chi connectivity index (χ4n) is 1.80. The highest BCUT2D eigenvalue weighted by Crippen LogP contribution is 2.24. The summed E-state index contributed by atoms with van der Waals surface area (Å²) in [5.41, 5.74) is 6.44. The van der Waals surface area contributed by atoms with Crippen molar-refractivity contribution in [3.8, 4) is 5.75 Å². The largest absolute Gasteiger partial charge is 0.483 e. The third-order valence-electron chi connectivity index (χ3n) is 2.79. The van der Waals surface area contributed by atoms with Gasteiger partial charge in [-0.3, -0.25) is 0 Å². The smallest absolute Gasteiger partial charge is 0.191 e. The van der Waals surface area contributed by atoms with Crippen molar-refractivity contribution in [2.24, 2.45) is 5.73 Å². The average molecular weight is 281 g/mol. The minimum absolute atomic E-state index is 0.0373. The van der Waals surface area contributed by atoms with Gasteiger partial charge < -0.3 is 10.5 Å². The lowest BCUT2D eigenvalue weighted by atomic mass is 10.1. The number of benzene rings is 2. The Kier molecular flexibility index (Phi) is 4.63. The van der Waals surface area contributed by atoms with Gasteiger partial charge in [0.1, 0.15) is 12.4 Å². The molecule has 106 valence electrons. The first-order chi connectivity index (χ1) is 9.60. The van der Waals surface area contributed by atoms with E-state index in [-0.39, 0.29) is 12.4 Å². The monoisotopic (exact) mass is 281 g/mol. The summed E-state index contributed by atoms with van der Waals surface area (Å²) in [7, 11) is 0. The summed E-state index contributed by atoms with van der Waals surface area (Å²) in [6.07, 6.45) is 0.395. The SMILES string of the molecule is NCCc1cc(F)c(OCc2ccc(F)cc2)c(F)c1. The zero-order valence-corrected chi connectivity index (χ0v) is 10.7. The Balaban J connectivity index is 2.11. The fourth-order valence-corrected chi connectivity index (χ4v) is 1.80. The van der Waals surface area contributed by atoms with Crippen molar-refractivity contribution >= 4 is 0 Å². The van der Waals surface area contributed by atoms with Crippen LogP contribution in [0.3, 0.4) is 0 Å². The Labute approximate surface area is 115 Å². The van der Waals surface area contributed by atoms with E-state index >= 15 is 0 Å². The van der Waals surface area contributed by atoms with Crippen molar-refractivity contribution in [3.05, 3.63) is 65.0 Å². The average Bonchev–Trinajstić information content (AvgIpc) is 2.40. The van der Waals surface area contributed by atoms with Gasteiger partial charge in [0.2, 0.25) is 0 Å². The third kappa shape index (κ3) is 3.51. The Morgan fingerprint density at radius 3 is 2.05 bits per heavy atom. The van der Waals surface area contributed by atoms with Gasteiger partial charge in [0.05, 0.1) is 0 Å². The minimum Gasteiger partial charge on any atom is -0.483 e. The van der Waals surface area contributed by atoms with E-state index in [0.717, 1.165) is 0 Å². The van der Waals surface area contributed by atoms with Gasteiger partial charge in [-0.1, -0.05) is 12.1 Å². The van der Waals surface area contributed by atoms with Gasteiger partial charge >= 0.3 is 0 Å². The number of hydrogen-bond donors (Lipinski definition) is 1. The van der Waals surface area contributed by atoms with E-state index in [0.29, 0.717) is 24.1 Å². The van der Waals surface area contributed by atoms with E-state index in [1.54, 1.807) is 0 Å². The van der Waals surface area contributed by atoms with Crippen molar-refractivity contribution in [2.45, 2.75) is 13.0 Å². The molecule has 0 heterocycles. The van der Waals surface area contributed by atoms with Gasteiger partial charge in [0.15, 0.2) is 17.4 Å². The van der Waals surface area contributed by atoms with Crippen LogP contribution in [0.2, 0.25) is 0 Å². The molecule has 0 aromatic heterocycles. The lowest BCUT2D eigenvalue weighted by molar-refractivity contribution is 0.273. The molecule has 0 spiro atoms. The molecule has 2 N–H and O–H groups in total. The second-order valence-electron chi connectivity index (χ2n) is 4.34. The van der Waals surface area contributed by atoms with E-state index in [1.807, 2.05) is 0 Å². The van der Waals surface area contributed by atoms with Crippen LogP contribution >= 0.6 is 0 Å². The van der Waals surface area contributed by atoms with Crippen LogP contribution in [0.5, 0.6) is 5.75 Å². The van der Waals surface area contributed by atoms with E-state index in [2.05, 4.69) is 0 Å². The topological polar surface area (TPSA) is 35.2 Å². The maximum absolute atomic E-state index is 13.7. The van der Waals surface area contributed by atoms with Crippen LogP contribution in [0.15, 0.2) is 36.4 Å². The Hall–Kier alpha value is -2.01. The first kappa shape index (κ1) is 14.4. The predicted molar refractivity (Wildman–Crippen MR) is 69.8 cm³/mol. The predicted octanol–water partition coefficient (Wildman–Crippen LogP) is 3.18. The van der Waals surface area contributed by atoms with Crippen LogP contribution < -0.4 is 10.5 Å². The molecule has 0 aliphatic carbocycles. The number of halogens is 3. The molecular formula is C15H14F3NO. The van der Waals surface area contributed by atoms with E-state index in [4.69, 9.17) is 10.5 Å². The van der Waals surface area contributed by atoms with Gasteiger partial charge in [-0.25, -0.2) is 13.2 Å². The molecule has 2 nitrogen and oxygen atoms in total. The molecule has 0 unspecified atom stereocenters. The fraction of sp³-hybridized carbons (Fsp3) is 0.200. The Bertz CT molecular complexity index is 561. The highest BCUT2D eigenvalue weighted by atomic mass is 19.1. The molecule has 2 aromatic carbocycles. The highest BCUT2D eigenvalue weighted by molar-refractivity contribution is 5.32. The van der Waals surface area contributed by atoms with Gasteiger partial charge in [-0.2, -0.15) is 0 Å². The first-order valence-electron chi connectivity index (χ1n) is 6.15. The molecular weight excluding hydrogens is 267 g/mol. The molecule has 0 saturated heterocycles. The van der Waals surface area contributed by atoms with E-state index in [1.165, 1.54) is 36.4 Å². The molecule has 0 aliphatic rings. The maximum Gasteiger partial charge on any atom is 0.191 e. The van der Waals surface area contributed by atoms with E-state index in [9.17, 15) is 13.2 Å². The molecule has 0 saturated carbocycles. The van der Waals surface area contributed by atoms with Crippen molar-refractivity contribution in [1.29, 1.82) is 0 Å². The molecule has 0 fully saturated rings. The summed E-state index contributed by atoms with van der Waals surface area (Å²) in [5.74, 6) is -2.35. The van der Waals surface area contributed by atoms with Gasteiger partial charge in [-0.05, 0) is 48.4 Å². The summed E-state index contributed by atoms with van der Waals surface area (Å²) in [5, 5.41) is 0. The number of ether oxygens (including phenoxy) is 1. The zero-order valence-electron chi connectivity index (χ0n) is 10.7. The van der Waals surface area contributed by atoms with Crippen LogP contribution in [0.1, 0.15) is 11.1 Å². The zero-order chi connectivity index (χ0) is 14.5. The molecule has 5 heteroatoms. The Morgan fingerprint density at radius 2 is 1.50 bits per heavy atom. The van der Waals surface area contributed by atoms with Gasteiger partial charge in [-0.15, -0.1) is 0 Å².